The average molecular weight is 413 g/mol. The molecule has 6 heteroatoms. The molecule has 1 atom stereocenters. The van der Waals surface area contributed by atoms with Gasteiger partial charge in [0.05, 0.1) is 17.6 Å². The maximum atomic E-state index is 4.93. The van der Waals surface area contributed by atoms with Gasteiger partial charge in [0.25, 0.3) is 0 Å². The van der Waals surface area contributed by atoms with E-state index >= 15 is 0 Å². The molecule has 4 aromatic rings. The lowest BCUT2D eigenvalue weighted by Crippen LogP contribution is -2.34. The van der Waals surface area contributed by atoms with Crippen LogP contribution in [0.3, 0.4) is 0 Å². The van der Waals surface area contributed by atoms with Gasteiger partial charge in [-0.2, -0.15) is 5.10 Å². The number of pyridine rings is 2. The van der Waals surface area contributed by atoms with Gasteiger partial charge in [-0.1, -0.05) is 36.4 Å². The predicted octanol–water partition coefficient (Wildman–Crippen LogP) is 4.65. The molecule has 0 radical (unpaired) electrons. The molecule has 1 unspecified atom stereocenters. The molecule has 0 aliphatic carbocycles. The van der Waals surface area contributed by atoms with Crippen LogP contribution in [0.5, 0.6) is 0 Å². The molecule has 0 saturated carbocycles. The Balaban J connectivity index is 1.27. The van der Waals surface area contributed by atoms with Gasteiger partial charge in [-0.3, -0.25) is 15.0 Å². The maximum Gasteiger partial charge on any atom is 0.157 e. The normalized spacial score (nSPS) is 17.1. The molecule has 4 heterocycles. The summed E-state index contributed by atoms with van der Waals surface area (Å²) in [5, 5.41) is 12.0. The van der Waals surface area contributed by atoms with Gasteiger partial charge in [-0.05, 0) is 56.1 Å². The number of hydrogen-bond donors (Lipinski definition) is 2. The third kappa shape index (κ3) is 4.59. The van der Waals surface area contributed by atoms with E-state index in [0.717, 1.165) is 53.6 Å². The third-order valence-corrected chi connectivity index (χ3v) is 6.00. The molecule has 31 heavy (non-hydrogen) atoms. The summed E-state index contributed by atoms with van der Waals surface area (Å²) in [5.41, 5.74) is 5.39. The number of aromatic amines is 1. The van der Waals surface area contributed by atoms with Gasteiger partial charge in [-0.15, -0.1) is 0 Å². The molecule has 0 bridgehead atoms. The lowest BCUT2D eigenvalue weighted by molar-refractivity contribution is 0.198. The highest BCUT2D eigenvalue weighted by atomic mass is 15.2. The molecule has 2 N–H and O–H groups in total. The van der Waals surface area contributed by atoms with E-state index in [0.29, 0.717) is 12.5 Å². The summed E-state index contributed by atoms with van der Waals surface area (Å²) >= 11 is 0. The van der Waals surface area contributed by atoms with Gasteiger partial charge in [0.15, 0.2) is 11.5 Å². The number of benzene rings is 1. The van der Waals surface area contributed by atoms with Crippen molar-refractivity contribution in [2.75, 3.05) is 18.4 Å². The first-order valence-electron chi connectivity index (χ1n) is 11.0. The summed E-state index contributed by atoms with van der Waals surface area (Å²) < 4.78 is 0. The fraction of sp³-hybridized carbons (Fsp3) is 0.320. The number of nitrogens with one attached hydrogen (secondary N) is 2. The second-order valence-electron chi connectivity index (χ2n) is 8.39. The highest BCUT2D eigenvalue weighted by Crippen LogP contribution is 2.29. The van der Waals surface area contributed by atoms with Crippen LogP contribution in [-0.4, -0.2) is 38.2 Å². The molecule has 5 rings (SSSR count). The van der Waals surface area contributed by atoms with E-state index < -0.39 is 0 Å². The van der Waals surface area contributed by atoms with Crippen LogP contribution in [0.25, 0.3) is 11.0 Å². The smallest absolute Gasteiger partial charge is 0.157 e. The monoisotopic (exact) mass is 412 g/mol. The molecule has 3 aromatic heterocycles. The molecule has 1 aliphatic heterocycles. The minimum absolute atomic E-state index is 0.457. The van der Waals surface area contributed by atoms with E-state index in [9.17, 15) is 0 Å². The summed E-state index contributed by atoms with van der Waals surface area (Å²) in [6.07, 6.45) is 2.39. The first-order chi connectivity index (χ1) is 15.2. The number of rotatable bonds is 6. The van der Waals surface area contributed by atoms with Crippen LogP contribution < -0.4 is 5.32 Å². The van der Waals surface area contributed by atoms with Crippen LogP contribution in [0.4, 0.5) is 5.82 Å². The van der Waals surface area contributed by atoms with Crippen molar-refractivity contribution in [3.05, 3.63) is 83.3 Å². The molecular formula is C25H28N6. The number of fused-ring (bicyclic) bond motifs is 1. The molecule has 158 valence electrons. The minimum atomic E-state index is 0.457. The van der Waals surface area contributed by atoms with E-state index in [-0.39, 0.29) is 0 Å². The Morgan fingerprint density at radius 3 is 2.81 bits per heavy atom. The number of hydrogen-bond acceptors (Lipinski definition) is 5. The summed E-state index contributed by atoms with van der Waals surface area (Å²) in [5.74, 6) is 1.28. The SMILES string of the molecule is Cc1cccc(CNc2n[nH]c3nc(C4CCCN(Cc5ccccc5)C4)ccc23)n1. The number of piperidine rings is 1. The number of H-pyrrole nitrogens is 1. The number of nitrogens with zero attached hydrogens (tertiary/aromatic N) is 4. The Kier molecular flexibility index (Phi) is 5.63. The van der Waals surface area contributed by atoms with E-state index in [1.54, 1.807) is 0 Å². The van der Waals surface area contributed by atoms with Crippen LogP contribution >= 0.6 is 0 Å². The second-order valence-corrected chi connectivity index (χ2v) is 8.39. The molecule has 1 fully saturated rings. The van der Waals surface area contributed by atoms with Gasteiger partial charge < -0.3 is 5.32 Å². The summed E-state index contributed by atoms with van der Waals surface area (Å²) in [6.45, 7) is 5.85. The van der Waals surface area contributed by atoms with Crippen molar-refractivity contribution in [2.45, 2.75) is 38.8 Å². The van der Waals surface area contributed by atoms with E-state index in [1.165, 1.54) is 18.4 Å². The van der Waals surface area contributed by atoms with Gasteiger partial charge in [0.2, 0.25) is 0 Å². The Bertz CT molecular complexity index is 1150. The Morgan fingerprint density at radius 1 is 1.03 bits per heavy atom. The first-order valence-corrected chi connectivity index (χ1v) is 11.0. The van der Waals surface area contributed by atoms with E-state index in [1.807, 2.05) is 25.1 Å². The van der Waals surface area contributed by atoms with Crippen molar-refractivity contribution >= 4 is 16.9 Å². The largest absolute Gasteiger partial charge is 0.362 e. The van der Waals surface area contributed by atoms with Crippen LogP contribution in [0.15, 0.2) is 60.7 Å². The molecule has 6 nitrogen and oxygen atoms in total. The molecular weight excluding hydrogens is 384 g/mol. The number of anilines is 1. The van der Waals surface area contributed by atoms with E-state index in [2.05, 4.69) is 67.9 Å². The predicted molar refractivity (Wildman–Crippen MR) is 124 cm³/mol. The van der Waals surface area contributed by atoms with Crippen LogP contribution in [0.2, 0.25) is 0 Å². The lowest BCUT2D eigenvalue weighted by atomic mass is 9.93. The Labute approximate surface area is 182 Å². The zero-order valence-corrected chi connectivity index (χ0v) is 17.9. The maximum absolute atomic E-state index is 4.93. The zero-order valence-electron chi connectivity index (χ0n) is 17.9. The molecule has 0 spiro atoms. The fourth-order valence-corrected chi connectivity index (χ4v) is 4.44. The third-order valence-electron chi connectivity index (χ3n) is 6.00. The lowest BCUT2D eigenvalue weighted by Gasteiger charge is -2.32. The van der Waals surface area contributed by atoms with E-state index in [4.69, 9.17) is 4.98 Å². The average Bonchev–Trinajstić information content (AvgIpc) is 3.21. The Morgan fingerprint density at radius 2 is 1.94 bits per heavy atom. The summed E-state index contributed by atoms with van der Waals surface area (Å²) in [7, 11) is 0. The highest BCUT2D eigenvalue weighted by Gasteiger charge is 2.23. The van der Waals surface area contributed by atoms with Gasteiger partial charge in [0.1, 0.15) is 0 Å². The summed E-state index contributed by atoms with van der Waals surface area (Å²) in [4.78, 5) is 12.0. The fourth-order valence-electron chi connectivity index (χ4n) is 4.44. The van der Waals surface area contributed by atoms with Gasteiger partial charge in [-0.25, -0.2) is 4.98 Å². The zero-order chi connectivity index (χ0) is 21.0. The first kappa shape index (κ1) is 19.7. The Hall–Kier alpha value is -3.25. The van der Waals surface area contributed by atoms with Gasteiger partial charge in [0, 0.05) is 30.4 Å². The van der Waals surface area contributed by atoms with Crippen molar-refractivity contribution < 1.29 is 0 Å². The second kappa shape index (κ2) is 8.86. The summed E-state index contributed by atoms with van der Waals surface area (Å²) in [6, 6.07) is 21.1. The number of likely N-dealkylation sites (tertiary alicyclic amines) is 1. The molecule has 0 amide bonds. The van der Waals surface area contributed by atoms with Crippen molar-refractivity contribution in [2.24, 2.45) is 0 Å². The van der Waals surface area contributed by atoms with Crippen molar-refractivity contribution in [1.82, 2.24) is 25.1 Å². The van der Waals surface area contributed by atoms with Crippen molar-refractivity contribution in [3.63, 3.8) is 0 Å². The minimum Gasteiger partial charge on any atom is -0.362 e. The molecule has 1 aromatic carbocycles. The van der Waals surface area contributed by atoms with Crippen LogP contribution in [0, 0.1) is 6.92 Å². The van der Waals surface area contributed by atoms with Crippen molar-refractivity contribution in [3.8, 4) is 0 Å². The standard InChI is InChI=1S/C25H28N6/c1-18-7-5-11-21(27-18)15-26-24-22-12-13-23(28-25(22)30-29-24)20-10-6-14-31(17-20)16-19-8-3-2-4-9-19/h2-5,7-9,11-13,20H,6,10,14-17H2,1H3,(H2,26,28,29,30). The molecule has 1 aliphatic rings. The number of aromatic nitrogens is 4. The van der Waals surface area contributed by atoms with Crippen LogP contribution in [0.1, 0.15) is 41.4 Å². The number of aryl methyl sites for hydroxylation is 1. The topological polar surface area (TPSA) is 69.7 Å². The van der Waals surface area contributed by atoms with Crippen LogP contribution in [-0.2, 0) is 13.1 Å². The highest BCUT2D eigenvalue weighted by molar-refractivity contribution is 5.87. The van der Waals surface area contributed by atoms with Crippen molar-refractivity contribution in [1.29, 1.82) is 0 Å². The van der Waals surface area contributed by atoms with Gasteiger partial charge >= 0.3 is 0 Å². The quantitative estimate of drug-likeness (QED) is 0.482. The molecule has 1 saturated heterocycles.